The van der Waals surface area contributed by atoms with Crippen LogP contribution in [-0.4, -0.2) is 118 Å². The molecule has 0 unspecified atom stereocenters. The number of nitrogens with one attached hydrogen (secondary N) is 1. The minimum absolute atomic E-state index is 0.00620. The molecule has 13 nitrogen and oxygen atoms in total. The van der Waals surface area contributed by atoms with E-state index in [9.17, 15) is 32.5 Å². The molecule has 2 aromatic rings. The molecule has 4 saturated heterocycles. The molecule has 0 bridgehead atoms. The second-order valence-electron chi connectivity index (χ2n) is 12.7. The van der Waals surface area contributed by atoms with Gasteiger partial charge in [-0.1, -0.05) is 6.07 Å². The summed E-state index contributed by atoms with van der Waals surface area (Å²) in [7, 11) is -5.78. The van der Waals surface area contributed by atoms with Gasteiger partial charge in [0.1, 0.15) is 12.1 Å². The Hall–Kier alpha value is -3.01. The smallest absolute Gasteiger partial charge is 0.378 e. The summed E-state index contributed by atoms with van der Waals surface area (Å²) in [4.78, 5) is 77.7. The fourth-order valence-corrected chi connectivity index (χ4v) is 8.52. The number of hydrogen-bond acceptors (Lipinski definition) is 8. The second kappa shape index (κ2) is 13.7. The number of carbonyl (C=O) groups excluding carboxylic acids is 4. The summed E-state index contributed by atoms with van der Waals surface area (Å²) in [5.41, 5.74) is -5.28. The molecule has 0 aliphatic carbocycles. The minimum Gasteiger partial charge on any atom is -0.378 e. The van der Waals surface area contributed by atoms with E-state index in [1.165, 1.54) is 12.1 Å². The molecule has 1 aromatic heterocycles. The lowest BCUT2D eigenvalue weighted by molar-refractivity contribution is -0.157. The first-order valence-electron chi connectivity index (χ1n) is 16.2. The summed E-state index contributed by atoms with van der Waals surface area (Å²) < 4.78 is 51.7. The van der Waals surface area contributed by atoms with Gasteiger partial charge >= 0.3 is 13.3 Å². The molecule has 0 radical (unpaired) electrons. The Bertz CT molecular complexity index is 1620. The Balaban J connectivity index is 1.17. The van der Waals surface area contributed by atoms with E-state index in [1.54, 1.807) is 14.7 Å². The van der Waals surface area contributed by atoms with E-state index in [0.717, 1.165) is 23.5 Å². The molecular weight excluding hydrogens is 673 g/mol. The van der Waals surface area contributed by atoms with Crippen LogP contribution in [0.2, 0.25) is 0 Å². The molecule has 48 heavy (non-hydrogen) atoms. The van der Waals surface area contributed by atoms with Crippen LogP contribution in [0.3, 0.4) is 0 Å². The molecule has 4 amide bonds. The molecule has 17 heteroatoms. The fraction of sp³-hybridized carbons (Fsp3) is 0.613. The summed E-state index contributed by atoms with van der Waals surface area (Å²) in [6.07, 6.45) is 2.19. The monoisotopic (exact) mass is 712 g/mol. The molecule has 6 rings (SSSR count). The maximum atomic E-state index is 14.3. The van der Waals surface area contributed by atoms with Crippen LogP contribution in [-0.2, 0) is 34.1 Å². The standard InChI is InChI=1S/C31H39F2N4O9PS/c1-2-46-22-6-4-21-5-7-24(30(41)36-16-19(17-36)28(39)35-9-11-45-12-10-35)37(21)29(40)23(15-22)34-27(38)26-14-18-13-20(3-8-25(18)48-26)31(32,33)47(42,43)44/h3,8,13-14,19,21-24H,2,4-7,9-12,15-17H2,1H3,(H,34,38)(H2,42,43,44)/t21-,22-,23-,24-/m0/s1. The highest BCUT2D eigenvalue weighted by Crippen LogP contribution is 2.59. The van der Waals surface area contributed by atoms with Gasteiger partial charge in [0.25, 0.3) is 5.91 Å². The van der Waals surface area contributed by atoms with E-state index in [-0.39, 0.29) is 46.6 Å². The van der Waals surface area contributed by atoms with Crippen molar-refractivity contribution in [2.45, 2.75) is 68.9 Å². The lowest BCUT2D eigenvalue weighted by Crippen LogP contribution is -2.63. The third kappa shape index (κ3) is 6.75. The summed E-state index contributed by atoms with van der Waals surface area (Å²) in [6.45, 7) is 4.87. The number of hydrogen-bond donors (Lipinski definition) is 3. The number of amides is 4. The van der Waals surface area contributed by atoms with E-state index < -0.39 is 42.7 Å². The van der Waals surface area contributed by atoms with E-state index >= 15 is 0 Å². The van der Waals surface area contributed by atoms with Gasteiger partial charge in [0, 0.05) is 55.5 Å². The number of thiophene rings is 1. The normalized spacial score (nSPS) is 25.8. The largest absolute Gasteiger partial charge is 0.399 e. The van der Waals surface area contributed by atoms with Gasteiger partial charge in [0.2, 0.25) is 17.7 Å². The van der Waals surface area contributed by atoms with Gasteiger partial charge in [-0.2, -0.15) is 8.78 Å². The number of benzene rings is 1. The van der Waals surface area contributed by atoms with Crippen LogP contribution >= 0.6 is 18.9 Å². The lowest BCUT2D eigenvalue weighted by Gasteiger charge is -2.44. The minimum atomic E-state index is -5.78. The van der Waals surface area contributed by atoms with Crippen LogP contribution in [0.15, 0.2) is 24.3 Å². The van der Waals surface area contributed by atoms with Crippen LogP contribution < -0.4 is 5.32 Å². The van der Waals surface area contributed by atoms with Gasteiger partial charge < -0.3 is 39.3 Å². The molecule has 4 aliphatic rings. The van der Waals surface area contributed by atoms with Crippen LogP contribution in [0.4, 0.5) is 8.78 Å². The maximum Gasteiger partial charge on any atom is 0.399 e. The second-order valence-corrected chi connectivity index (χ2v) is 15.5. The molecule has 0 spiro atoms. The molecule has 1 aromatic carbocycles. The van der Waals surface area contributed by atoms with Crippen molar-refractivity contribution in [1.29, 1.82) is 0 Å². The van der Waals surface area contributed by atoms with Crippen molar-refractivity contribution in [3.63, 3.8) is 0 Å². The van der Waals surface area contributed by atoms with Crippen molar-refractivity contribution in [3.05, 3.63) is 34.7 Å². The quantitative estimate of drug-likeness (QED) is 0.349. The van der Waals surface area contributed by atoms with Crippen molar-refractivity contribution in [2.24, 2.45) is 5.92 Å². The number of carbonyl (C=O) groups is 4. The highest BCUT2D eigenvalue weighted by molar-refractivity contribution is 7.52. The van der Waals surface area contributed by atoms with E-state index in [1.807, 2.05) is 6.92 Å². The van der Waals surface area contributed by atoms with Crippen LogP contribution in [0.5, 0.6) is 0 Å². The first-order chi connectivity index (χ1) is 22.8. The predicted octanol–water partition coefficient (Wildman–Crippen LogP) is 2.49. The summed E-state index contributed by atoms with van der Waals surface area (Å²) in [5, 5.41) is 2.99. The van der Waals surface area contributed by atoms with Gasteiger partial charge in [-0.25, -0.2) is 0 Å². The Morgan fingerprint density at radius 2 is 1.77 bits per heavy atom. The topological polar surface area (TPSA) is 166 Å². The number of morpholine rings is 1. The van der Waals surface area contributed by atoms with Gasteiger partial charge in [-0.3, -0.25) is 23.7 Å². The van der Waals surface area contributed by atoms with E-state index in [2.05, 4.69) is 5.32 Å². The van der Waals surface area contributed by atoms with Gasteiger partial charge in [-0.15, -0.1) is 11.3 Å². The van der Waals surface area contributed by atoms with Gasteiger partial charge in [0.05, 0.1) is 30.1 Å². The zero-order chi connectivity index (χ0) is 34.4. The summed E-state index contributed by atoms with van der Waals surface area (Å²) in [6, 6.07) is 2.48. The van der Waals surface area contributed by atoms with Crippen molar-refractivity contribution < 1.29 is 51.8 Å². The predicted molar refractivity (Wildman–Crippen MR) is 169 cm³/mol. The van der Waals surface area contributed by atoms with Crippen molar-refractivity contribution >= 4 is 52.6 Å². The number of likely N-dealkylation sites (tertiary alicyclic amines) is 1. The average molecular weight is 713 g/mol. The van der Waals surface area contributed by atoms with Gasteiger partial charge in [-0.05, 0) is 56.2 Å². The number of rotatable bonds is 8. The number of nitrogens with zero attached hydrogens (tertiary/aromatic N) is 3. The van der Waals surface area contributed by atoms with Crippen LogP contribution in [0, 0.1) is 5.92 Å². The van der Waals surface area contributed by atoms with Crippen LogP contribution in [0.1, 0.15) is 54.3 Å². The first kappa shape index (κ1) is 34.8. The number of halogens is 2. The van der Waals surface area contributed by atoms with E-state index in [4.69, 9.17) is 19.3 Å². The average Bonchev–Trinajstić information content (AvgIpc) is 3.65. The molecule has 3 N–H and O–H groups in total. The Morgan fingerprint density at radius 1 is 1.06 bits per heavy atom. The SMILES string of the molecule is CCO[C@H]1CC[C@H]2CC[C@@H](C(=O)N3CC(C(=O)N4CCOCC4)C3)N2C(=O)[C@@H](NC(=O)c2cc3cc(C(F)(F)P(=O)(O)O)ccc3s2)C1. The lowest BCUT2D eigenvalue weighted by atomic mass is 9.95. The Morgan fingerprint density at radius 3 is 2.46 bits per heavy atom. The Kier molecular flexibility index (Phi) is 9.95. The maximum absolute atomic E-state index is 14.3. The van der Waals surface area contributed by atoms with E-state index in [0.29, 0.717) is 76.4 Å². The third-order valence-corrected chi connectivity index (χ3v) is 11.8. The fourth-order valence-electron chi connectivity index (χ4n) is 7.10. The van der Waals surface area contributed by atoms with Gasteiger partial charge in [0.15, 0.2) is 0 Å². The molecule has 262 valence electrons. The molecule has 4 fully saturated rings. The molecule has 5 heterocycles. The number of alkyl halides is 2. The van der Waals surface area contributed by atoms with Crippen molar-refractivity contribution in [1.82, 2.24) is 20.0 Å². The van der Waals surface area contributed by atoms with Crippen molar-refractivity contribution in [3.8, 4) is 0 Å². The summed E-state index contributed by atoms with van der Waals surface area (Å²) >= 11 is 0.989. The van der Waals surface area contributed by atoms with Crippen LogP contribution in [0.25, 0.3) is 10.1 Å². The Labute approximate surface area is 279 Å². The number of fused-ring (bicyclic) bond motifs is 2. The third-order valence-electron chi connectivity index (χ3n) is 9.69. The first-order valence-corrected chi connectivity index (χ1v) is 18.6. The van der Waals surface area contributed by atoms with Crippen molar-refractivity contribution in [2.75, 3.05) is 46.0 Å². The zero-order valence-electron chi connectivity index (χ0n) is 26.4. The molecule has 4 aliphatic heterocycles. The molecule has 0 saturated carbocycles. The summed E-state index contributed by atoms with van der Waals surface area (Å²) in [5.74, 6) is -1.52. The highest BCUT2D eigenvalue weighted by atomic mass is 32.1. The number of ether oxygens (including phenoxy) is 2. The zero-order valence-corrected chi connectivity index (χ0v) is 28.1. The molecular formula is C31H39F2N4O9PS. The molecule has 4 atom stereocenters. The highest BCUT2D eigenvalue weighted by Gasteiger charge is 2.51.